The van der Waals surface area contributed by atoms with Gasteiger partial charge in [0.15, 0.2) is 0 Å². The molecule has 6 atom stereocenters. The van der Waals surface area contributed by atoms with E-state index >= 15 is 0 Å². The highest BCUT2D eigenvalue weighted by Crippen LogP contribution is 2.60. The number of rotatable bonds is 3. The molecule has 2 bridgehead atoms. The molecule has 0 spiro atoms. The van der Waals surface area contributed by atoms with Crippen LogP contribution in [0.4, 0.5) is 5.69 Å². The average molecular weight is 554 g/mol. The highest BCUT2D eigenvalue weighted by molar-refractivity contribution is 9.12. The smallest absolute Gasteiger partial charge is 0.343 e. The van der Waals surface area contributed by atoms with Gasteiger partial charge >= 0.3 is 5.97 Å². The maximum Gasteiger partial charge on any atom is 0.343 e. The molecule has 2 aromatic carbocycles. The van der Waals surface area contributed by atoms with E-state index in [-0.39, 0.29) is 50.9 Å². The number of nitrogens with zero attached hydrogens (tertiary/aromatic N) is 1. The first-order valence-electron chi connectivity index (χ1n) is 9.60. The largest absolute Gasteiger partial charge is 0.423 e. The molecule has 0 radical (unpaired) electrons. The molecule has 154 valence electrons. The minimum atomic E-state index is -0.540. The second-order valence-electron chi connectivity index (χ2n) is 7.91. The first-order valence-corrected chi connectivity index (χ1v) is 11.8. The lowest BCUT2D eigenvalue weighted by Gasteiger charge is -2.28. The van der Waals surface area contributed by atoms with E-state index < -0.39 is 5.97 Å². The number of esters is 1. The predicted octanol–water partition coefficient (Wildman–Crippen LogP) is 4.84. The molecule has 2 amide bonds. The summed E-state index contributed by atoms with van der Waals surface area (Å²) in [6, 6.07) is 12.9. The van der Waals surface area contributed by atoms with Crippen molar-refractivity contribution in [1.82, 2.24) is 0 Å². The number of carbonyl (C=O) groups excluding carboxylic acids is 3. The molecule has 2 aromatic rings. The number of ether oxygens (including phenoxy) is 1. The molecule has 3 aliphatic rings. The Kier molecular flexibility index (Phi) is 5.03. The van der Waals surface area contributed by atoms with Crippen molar-refractivity contribution >= 4 is 66.9 Å². The van der Waals surface area contributed by atoms with Crippen LogP contribution in [0.25, 0.3) is 0 Å². The zero-order valence-electron chi connectivity index (χ0n) is 15.5. The summed E-state index contributed by atoms with van der Waals surface area (Å²) in [5.74, 6) is -0.882. The molecule has 5 rings (SSSR count). The van der Waals surface area contributed by atoms with Gasteiger partial charge in [-0.3, -0.25) is 9.59 Å². The SMILES string of the molecule is O=C(Oc1cccc(N2C(=O)[C@H]3[C@@H]4C[C@H]([C@@H](Br)[C@H]4Br)[C@@H]3C2=O)c1)c1ccc(Cl)cc1. The average Bonchev–Trinajstić information content (AvgIpc) is 3.33. The van der Waals surface area contributed by atoms with Crippen molar-refractivity contribution in [2.75, 3.05) is 4.90 Å². The van der Waals surface area contributed by atoms with Crippen LogP contribution in [-0.2, 0) is 9.59 Å². The normalized spacial score (nSPS) is 31.9. The van der Waals surface area contributed by atoms with Gasteiger partial charge in [-0.15, -0.1) is 0 Å². The van der Waals surface area contributed by atoms with Crippen LogP contribution in [0.2, 0.25) is 5.02 Å². The van der Waals surface area contributed by atoms with Crippen LogP contribution >= 0.6 is 43.5 Å². The van der Waals surface area contributed by atoms with E-state index in [1.807, 2.05) is 0 Å². The lowest BCUT2D eigenvalue weighted by atomic mass is 9.81. The molecule has 0 aromatic heterocycles. The first-order chi connectivity index (χ1) is 14.4. The van der Waals surface area contributed by atoms with Gasteiger partial charge in [0, 0.05) is 20.7 Å². The molecule has 2 aliphatic carbocycles. The summed E-state index contributed by atoms with van der Waals surface area (Å²) in [7, 11) is 0. The Morgan fingerprint density at radius 3 is 2.17 bits per heavy atom. The van der Waals surface area contributed by atoms with Crippen molar-refractivity contribution in [2.24, 2.45) is 23.7 Å². The Labute approximate surface area is 195 Å². The fraction of sp³-hybridized carbons (Fsp3) is 0.318. The highest BCUT2D eigenvalue weighted by Gasteiger charge is 2.66. The second-order valence-corrected chi connectivity index (χ2v) is 10.5. The predicted molar refractivity (Wildman–Crippen MR) is 119 cm³/mol. The number of hydrogen-bond donors (Lipinski definition) is 0. The minimum absolute atomic E-state index is 0.150. The van der Waals surface area contributed by atoms with E-state index in [1.165, 1.54) is 4.90 Å². The van der Waals surface area contributed by atoms with E-state index in [9.17, 15) is 14.4 Å². The Balaban J connectivity index is 1.39. The summed E-state index contributed by atoms with van der Waals surface area (Å²) in [5, 5.41) is 0.524. The van der Waals surface area contributed by atoms with Crippen LogP contribution in [0.5, 0.6) is 5.75 Å². The number of benzene rings is 2. The molecular weight excluding hydrogens is 538 g/mol. The van der Waals surface area contributed by atoms with Crippen molar-refractivity contribution in [2.45, 2.75) is 16.1 Å². The van der Waals surface area contributed by atoms with Gasteiger partial charge in [0.05, 0.1) is 23.1 Å². The Bertz CT molecular complexity index is 1030. The van der Waals surface area contributed by atoms with Gasteiger partial charge in [-0.05, 0) is 54.7 Å². The first kappa shape index (κ1) is 20.2. The van der Waals surface area contributed by atoms with Crippen LogP contribution in [-0.4, -0.2) is 27.4 Å². The lowest BCUT2D eigenvalue weighted by molar-refractivity contribution is -0.123. The van der Waals surface area contributed by atoms with E-state index in [2.05, 4.69) is 31.9 Å². The third kappa shape index (κ3) is 3.05. The molecule has 0 unspecified atom stereocenters. The van der Waals surface area contributed by atoms with Crippen molar-refractivity contribution < 1.29 is 19.1 Å². The molecule has 8 heteroatoms. The molecule has 1 saturated heterocycles. The Morgan fingerprint density at radius 2 is 1.57 bits per heavy atom. The fourth-order valence-corrected chi connectivity index (χ4v) is 7.04. The molecule has 30 heavy (non-hydrogen) atoms. The van der Waals surface area contributed by atoms with E-state index in [1.54, 1.807) is 48.5 Å². The van der Waals surface area contributed by atoms with Gasteiger partial charge in [-0.1, -0.05) is 49.5 Å². The standard InChI is InChI=1S/C22H16Br2ClNO4/c23-18-14-9-15(19(18)24)17-16(14)20(27)26(21(17)28)12-2-1-3-13(8-12)30-22(29)10-4-6-11(25)7-5-10/h1-8,14-19H,9H2/t14-,15-,16-,17-,18-,19+/m0/s1. The summed E-state index contributed by atoms with van der Waals surface area (Å²) in [5.41, 5.74) is 0.786. The summed E-state index contributed by atoms with van der Waals surface area (Å²) < 4.78 is 5.45. The van der Waals surface area contributed by atoms with Gasteiger partial charge in [0.25, 0.3) is 0 Å². The molecule has 1 aliphatic heterocycles. The summed E-state index contributed by atoms with van der Waals surface area (Å²) in [4.78, 5) is 40.4. The molecule has 1 heterocycles. The number of alkyl halides is 2. The molecule has 0 N–H and O–H groups in total. The van der Waals surface area contributed by atoms with Crippen LogP contribution in [0.15, 0.2) is 48.5 Å². The zero-order chi connectivity index (χ0) is 21.2. The number of imide groups is 1. The van der Waals surface area contributed by atoms with Gasteiger partial charge < -0.3 is 4.74 Å². The monoisotopic (exact) mass is 551 g/mol. The zero-order valence-corrected chi connectivity index (χ0v) is 19.4. The van der Waals surface area contributed by atoms with Crippen molar-refractivity contribution in [3.63, 3.8) is 0 Å². The summed E-state index contributed by atoms with van der Waals surface area (Å²) >= 11 is 13.2. The number of halogens is 3. The second kappa shape index (κ2) is 7.46. The third-order valence-corrected chi connectivity index (χ3v) is 9.81. The fourth-order valence-electron chi connectivity index (χ4n) is 5.04. The van der Waals surface area contributed by atoms with Crippen molar-refractivity contribution in [1.29, 1.82) is 0 Å². The van der Waals surface area contributed by atoms with Crippen molar-refractivity contribution in [3.8, 4) is 5.75 Å². The summed E-state index contributed by atoms with van der Waals surface area (Å²) in [6.07, 6.45) is 0.880. The van der Waals surface area contributed by atoms with E-state index in [0.29, 0.717) is 16.3 Å². The number of hydrogen-bond acceptors (Lipinski definition) is 4. The van der Waals surface area contributed by atoms with Crippen LogP contribution in [0, 0.1) is 23.7 Å². The maximum atomic E-state index is 13.2. The van der Waals surface area contributed by atoms with Gasteiger partial charge in [0.1, 0.15) is 5.75 Å². The summed E-state index contributed by atoms with van der Waals surface area (Å²) in [6.45, 7) is 0. The Hall–Kier alpha value is -1.70. The molecule has 2 saturated carbocycles. The Morgan fingerprint density at radius 1 is 0.967 bits per heavy atom. The number of carbonyl (C=O) groups is 3. The third-order valence-electron chi connectivity index (χ3n) is 6.35. The molecular formula is C22H16Br2ClNO4. The molecule has 5 nitrogen and oxygen atoms in total. The quantitative estimate of drug-likeness (QED) is 0.236. The number of fused-ring (bicyclic) bond motifs is 5. The lowest BCUT2D eigenvalue weighted by Crippen LogP contribution is -2.37. The molecule has 3 fully saturated rings. The van der Waals surface area contributed by atoms with Crippen LogP contribution in [0.3, 0.4) is 0 Å². The van der Waals surface area contributed by atoms with Crippen LogP contribution in [0.1, 0.15) is 16.8 Å². The van der Waals surface area contributed by atoms with E-state index in [4.69, 9.17) is 16.3 Å². The minimum Gasteiger partial charge on any atom is -0.423 e. The van der Waals surface area contributed by atoms with Gasteiger partial charge in [-0.25, -0.2) is 9.69 Å². The van der Waals surface area contributed by atoms with E-state index in [0.717, 1.165) is 6.42 Å². The number of anilines is 1. The number of amides is 2. The van der Waals surface area contributed by atoms with Crippen LogP contribution < -0.4 is 9.64 Å². The highest BCUT2D eigenvalue weighted by atomic mass is 79.9. The van der Waals surface area contributed by atoms with Gasteiger partial charge in [-0.2, -0.15) is 0 Å². The maximum absolute atomic E-state index is 13.2. The topological polar surface area (TPSA) is 63.7 Å². The van der Waals surface area contributed by atoms with Crippen molar-refractivity contribution in [3.05, 3.63) is 59.1 Å². The van der Waals surface area contributed by atoms with Gasteiger partial charge in [0.2, 0.25) is 11.8 Å².